The van der Waals surface area contributed by atoms with Crippen molar-refractivity contribution in [3.05, 3.63) is 58.1 Å². The highest BCUT2D eigenvalue weighted by Crippen LogP contribution is 2.27. The Morgan fingerprint density at radius 3 is 2.43 bits per heavy atom. The number of hydrogen-bond donors (Lipinski definition) is 0. The smallest absolute Gasteiger partial charge is 0.343 e. The van der Waals surface area contributed by atoms with E-state index >= 15 is 0 Å². The molecule has 0 aliphatic heterocycles. The van der Waals surface area contributed by atoms with Crippen molar-refractivity contribution in [3.8, 4) is 11.5 Å². The Kier molecular flexibility index (Phi) is 5.02. The molecule has 0 saturated carbocycles. The fourth-order valence-corrected chi connectivity index (χ4v) is 2.28. The molecule has 0 bridgehead atoms. The van der Waals surface area contributed by atoms with Crippen LogP contribution in [-0.4, -0.2) is 12.1 Å². The molecule has 0 spiro atoms. The summed E-state index contributed by atoms with van der Waals surface area (Å²) in [5.74, 6) is 0.889. The fraction of sp³-hybridized carbons (Fsp3) is 0.235. The maximum Gasteiger partial charge on any atom is 0.343 e. The molecule has 2 rings (SSSR count). The van der Waals surface area contributed by atoms with Gasteiger partial charge in [-0.3, -0.25) is 0 Å². The Morgan fingerprint density at radius 1 is 1.10 bits per heavy atom. The Balaban J connectivity index is 2.17. The molecule has 2 aromatic carbocycles. The Morgan fingerprint density at radius 2 is 1.81 bits per heavy atom. The van der Waals surface area contributed by atoms with Crippen molar-refractivity contribution in [2.75, 3.05) is 0 Å². The first-order chi connectivity index (χ1) is 9.97. The van der Waals surface area contributed by atoms with Crippen LogP contribution in [-0.2, 0) is 0 Å². The maximum absolute atomic E-state index is 12.2. The van der Waals surface area contributed by atoms with Crippen LogP contribution in [0, 0.1) is 6.92 Å². The molecule has 4 heteroatoms. The summed E-state index contributed by atoms with van der Waals surface area (Å²) in [4.78, 5) is 12.2. The lowest BCUT2D eigenvalue weighted by atomic mass is 10.2. The highest BCUT2D eigenvalue weighted by molar-refractivity contribution is 9.10. The predicted octanol–water partition coefficient (Wildman–Crippen LogP) is 4.76. The van der Waals surface area contributed by atoms with Crippen LogP contribution in [0.3, 0.4) is 0 Å². The number of hydrogen-bond acceptors (Lipinski definition) is 3. The lowest BCUT2D eigenvalue weighted by Crippen LogP contribution is -2.10. The number of esters is 1. The van der Waals surface area contributed by atoms with E-state index in [-0.39, 0.29) is 12.1 Å². The molecule has 110 valence electrons. The molecule has 0 heterocycles. The quantitative estimate of drug-likeness (QED) is 0.590. The summed E-state index contributed by atoms with van der Waals surface area (Å²) in [6, 6.07) is 12.6. The average molecular weight is 349 g/mol. The van der Waals surface area contributed by atoms with Crippen LogP contribution in [0.15, 0.2) is 46.9 Å². The minimum absolute atomic E-state index is 0.0751. The van der Waals surface area contributed by atoms with Gasteiger partial charge >= 0.3 is 5.97 Å². The van der Waals surface area contributed by atoms with E-state index in [2.05, 4.69) is 15.9 Å². The van der Waals surface area contributed by atoms with Crippen molar-refractivity contribution in [1.29, 1.82) is 0 Å². The second-order valence-electron chi connectivity index (χ2n) is 4.97. The topological polar surface area (TPSA) is 35.5 Å². The van der Waals surface area contributed by atoms with E-state index in [1.807, 2.05) is 39.0 Å². The van der Waals surface area contributed by atoms with Crippen molar-refractivity contribution in [2.45, 2.75) is 26.9 Å². The molecule has 0 N–H and O–H groups in total. The van der Waals surface area contributed by atoms with Gasteiger partial charge in [-0.05, 0) is 66.5 Å². The molecule has 3 nitrogen and oxygen atoms in total. The summed E-state index contributed by atoms with van der Waals surface area (Å²) >= 11 is 3.41. The first-order valence-electron chi connectivity index (χ1n) is 6.71. The van der Waals surface area contributed by atoms with E-state index in [9.17, 15) is 4.79 Å². The van der Waals surface area contributed by atoms with Crippen LogP contribution in [0.4, 0.5) is 0 Å². The summed E-state index contributed by atoms with van der Waals surface area (Å²) in [6.45, 7) is 5.80. The lowest BCUT2D eigenvalue weighted by Gasteiger charge is -2.12. The Labute approximate surface area is 133 Å². The highest BCUT2D eigenvalue weighted by Gasteiger charge is 2.13. The van der Waals surface area contributed by atoms with E-state index in [4.69, 9.17) is 9.47 Å². The van der Waals surface area contributed by atoms with Gasteiger partial charge in [0.05, 0.1) is 16.1 Å². The van der Waals surface area contributed by atoms with Crippen molar-refractivity contribution in [1.82, 2.24) is 0 Å². The third kappa shape index (κ3) is 4.08. The van der Waals surface area contributed by atoms with Gasteiger partial charge in [-0.1, -0.05) is 18.2 Å². The van der Waals surface area contributed by atoms with Crippen LogP contribution in [0.2, 0.25) is 0 Å². The van der Waals surface area contributed by atoms with E-state index in [1.54, 1.807) is 24.3 Å². The second kappa shape index (κ2) is 6.76. The molecule has 0 atom stereocenters. The zero-order valence-electron chi connectivity index (χ0n) is 12.2. The molecular weight excluding hydrogens is 332 g/mol. The third-order valence-corrected chi connectivity index (χ3v) is 3.45. The van der Waals surface area contributed by atoms with Gasteiger partial charge in [0.1, 0.15) is 11.5 Å². The van der Waals surface area contributed by atoms with Crippen molar-refractivity contribution < 1.29 is 14.3 Å². The van der Waals surface area contributed by atoms with Crippen LogP contribution < -0.4 is 9.47 Å². The number of halogens is 1. The highest BCUT2D eigenvalue weighted by atomic mass is 79.9. The maximum atomic E-state index is 12.2. The standard InChI is InChI=1S/C17H17BrO3/c1-11(2)20-16-9-8-13(10-14(16)18)17(19)21-15-7-5-4-6-12(15)3/h4-11H,1-3H3. The Bertz CT molecular complexity index is 650. The van der Waals surface area contributed by atoms with Crippen molar-refractivity contribution in [3.63, 3.8) is 0 Å². The predicted molar refractivity (Wildman–Crippen MR) is 86.0 cm³/mol. The fourth-order valence-electron chi connectivity index (χ4n) is 1.81. The number of para-hydroxylation sites is 1. The molecule has 0 aliphatic rings. The number of benzene rings is 2. The monoisotopic (exact) mass is 348 g/mol. The zero-order valence-corrected chi connectivity index (χ0v) is 13.8. The number of aryl methyl sites for hydroxylation is 1. The largest absolute Gasteiger partial charge is 0.490 e. The average Bonchev–Trinajstić information content (AvgIpc) is 2.43. The number of rotatable bonds is 4. The van der Waals surface area contributed by atoms with Gasteiger partial charge in [0.2, 0.25) is 0 Å². The van der Waals surface area contributed by atoms with Crippen LogP contribution >= 0.6 is 15.9 Å². The minimum Gasteiger partial charge on any atom is -0.490 e. The molecule has 0 fully saturated rings. The minimum atomic E-state index is -0.388. The van der Waals surface area contributed by atoms with Gasteiger partial charge in [0.15, 0.2) is 0 Å². The van der Waals surface area contributed by atoms with Gasteiger partial charge in [-0.15, -0.1) is 0 Å². The van der Waals surface area contributed by atoms with E-state index < -0.39 is 0 Å². The summed E-state index contributed by atoms with van der Waals surface area (Å²) in [5, 5.41) is 0. The van der Waals surface area contributed by atoms with Gasteiger partial charge in [0.25, 0.3) is 0 Å². The van der Waals surface area contributed by atoms with E-state index in [0.717, 1.165) is 10.0 Å². The molecule has 0 radical (unpaired) electrons. The number of ether oxygens (including phenoxy) is 2. The second-order valence-corrected chi connectivity index (χ2v) is 5.82. The summed E-state index contributed by atoms with van der Waals surface area (Å²) in [6.07, 6.45) is 0.0751. The molecule has 0 saturated heterocycles. The summed E-state index contributed by atoms with van der Waals surface area (Å²) < 4.78 is 11.8. The normalized spacial score (nSPS) is 10.5. The van der Waals surface area contributed by atoms with Gasteiger partial charge in [-0.25, -0.2) is 4.79 Å². The summed E-state index contributed by atoms with van der Waals surface area (Å²) in [5.41, 5.74) is 1.39. The van der Waals surface area contributed by atoms with E-state index in [0.29, 0.717) is 17.1 Å². The first kappa shape index (κ1) is 15.6. The first-order valence-corrected chi connectivity index (χ1v) is 7.50. The van der Waals surface area contributed by atoms with Crippen LogP contribution in [0.1, 0.15) is 29.8 Å². The van der Waals surface area contributed by atoms with Gasteiger partial charge < -0.3 is 9.47 Å². The van der Waals surface area contributed by atoms with Crippen molar-refractivity contribution >= 4 is 21.9 Å². The van der Waals surface area contributed by atoms with E-state index in [1.165, 1.54) is 0 Å². The lowest BCUT2D eigenvalue weighted by molar-refractivity contribution is 0.0733. The van der Waals surface area contributed by atoms with Crippen LogP contribution in [0.25, 0.3) is 0 Å². The van der Waals surface area contributed by atoms with Crippen LogP contribution in [0.5, 0.6) is 11.5 Å². The number of carbonyl (C=O) groups excluding carboxylic acids is 1. The molecule has 0 aliphatic carbocycles. The van der Waals surface area contributed by atoms with Crippen molar-refractivity contribution in [2.24, 2.45) is 0 Å². The Hall–Kier alpha value is -1.81. The molecule has 2 aromatic rings. The molecule has 21 heavy (non-hydrogen) atoms. The molecule has 0 aromatic heterocycles. The SMILES string of the molecule is Cc1ccccc1OC(=O)c1ccc(OC(C)C)c(Br)c1. The van der Waals surface area contributed by atoms with Gasteiger partial charge in [0, 0.05) is 0 Å². The summed E-state index contributed by atoms with van der Waals surface area (Å²) in [7, 11) is 0. The third-order valence-electron chi connectivity index (χ3n) is 2.83. The molecule has 0 amide bonds. The molecule has 0 unspecified atom stereocenters. The number of carbonyl (C=O) groups is 1. The molecular formula is C17H17BrO3. The zero-order chi connectivity index (χ0) is 15.4. The van der Waals surface area contributed by atoms with Gasteiger partial charge in [-0.2, -0.15) is 0 Å².